The number of carboxylic acid groups (broad SMARTS) is 1. The lowest BCUT2D eigenvalue weighted by Gasteiger charge is -2.62. The first kappa shape index (κ1) is 10.8. The quantitative estimate of drug-likeness (QED) is 0.724. The maximum atomic E-state index is 11.0. The van der Waals surface area contributed by atoms with E-state index in [2.05, 4.69) is 20.8 Å². The highest BCUT2D eigenvalue weighted by molar-refractivity contribution is 5.65. The lowest BCUT2D eigenvalue weighted by atomic mass is 9.44. The van der Waals surface area contributed by atoms with Crippen molar-refractivity contribution in [3.63, 3.8) is 0 Å². The summed E-state index contributed by atoms with van der Waals surface area (Å²) in [5, 5.41) is 9.01. The van der Waals surface area contributed by atoms with Gasteiger partial charge >= 0.3 is 6.09 Å². The van der Waals surface area contributed by atoms with Crippen molar-refractivity contribution in [1.82, 2.24) is 4.90 Å². The first-order valence-corrected chi connectivity index (χ1v) is 5.81. The minimum atomic E-state index is -0.786. The minimum absolute atomic E-state index is 0.235. The van der Waals surface area contributed by atoms with Crippen LogP contribution >= 0.6 is 0 Å². The van der Waals surface area contributed by atoms with E-state index in [0.717, 1.165) is 12.3 Å². The maximum absolute atomic E-state index is 11.0. The molecule has 3 aliphatic carbocycles. The lowest BCUT2D eigenvalue weighted by molar-refractivity contribution is -0.130. The molecule has 0 aromatic carbocycles. The SMILES string of the molecule is C[C@H]1[C@H](N(C)C(=O)O)C[C@@H]2C[C@H]1C2(C)C. The number of nitrogens with zero attached hydrogens (tertiary/aromatic N) is 1. The minimum Gasteiger partial charge on any atom is -0.465 e. The summed E-state index contributed by atoms with van der Waals surface area (Å²) >= 11 is 0. The van der Waals surface area contributed by atoms with Crippen LogP contribution in [0.3, 0.4) is 0 Å². The zero-order chi connectivity index (χ0) is 11.4. The normalized spacial score (nSPS) is 41.9. The Labute approximate surface area is 91.5 Å². The Morgan fingerprint density at radius 1 is 1.40 bits per heavy atom. The van der Waals surface area contributed by atoms with Crippen molar-refractivity contribution in [2.45, 2.75) is 39.7 Å². The molecule has 0 radical (unpaired) electrons. The van der Waals surface area contributed by atoms with E-state index in [1.54, 1.807) is 7.05 Å². The predicted molar refractivity (Wildman–Crippen MR) is 58.7 cm³/mol. The van der Waals surface area contributed by atoms with Crippen LogP contribution in [0.2, 0.25) is 0 Å². The molecule has 0 spiro atoms. The van der Waals surface area contributed by atoms with Gasteiger partial charge in [-0.05, 0) is 36.0 Å². The Bertz CT molecular complexity index is 287. The monoisotopic (exact) mass is 211 g/mol. The van der Waals surface area contributed by atoms with Crippen molar-refractivity contribution in [2.24, 2.45) is 23.2 Å². The van der Waals surface area contributed by atoms with Gasteiger partial charge in [0.2, 0.25) is 0 Å². The zero-order valence-corrected chi connectivity index (χ0v) is 10.0. The Morgan fingerprint density at radius 3 is 2.40 bits per heavy atom. The summed E-state index contributed by atoms with van der Waals surface area (Å²) in [5.74, 6) is 1.94. The van der Waals surface area contributed by atoms with E-state index in [0.29, 0.717) is 17.3 Å². The average molecular weight is 211 g/mol. The van der Waals surface area contributed by atoms with Crippen LogP contribution in [0, 0.1) is 23.2 Å². The Morgan fingerprint density at radius 2 is 2.00 bits per heavy atom. The summed E-state index contributed by atoms with van der Waals surface area (Å²) in [6.07, 6.45) is 1.57. The third kappa shape index (κ3) is 1.35. The topological polar surface area (TPSA) is 40.5 Å². The Hall–Kier alpha value is -0.730. The van der Waals surface area contributed by atoms with Gasteiger partial charge in [-0.15, -0.1) is 0 Å². The summed E-state index contributed by atoms with van der Waals surface area (Å²) in [6.45, 7) is 6.88. The molecule has 0 unspecified atom stereocenters. The average Bonchev–Trinajstić information content (AvgIpc) is 2.15. The van der Waals surface area contributed by atoms with E-state index in [-0.39, 0.29) is 6.04 Å². The number of amides is 1. The van der Waals surface area contributed by atoms with Crippen LogP contribution in [0.4, 0.5) is 4.79 Å². The molecule has 0 saturated heterocycles. The molecular formula is C12H21NO2. The predicted octanol–water partition coefficient (Wildman–Crippen LogP) is 2.67. The highest BCUT2D eigenvalue weighted by Gasteiger charge is 2.57. The van der Waals surface area contributed by atoms with Crippen LogP contribution < -0.4 is 0 Å². The van der Waals surface area contributed by atoms with Gasteiger partial charge in [0.15, 0.2) is 0 Å². The molecule has 1 amide bonds. The van der Waals surface area contributed by atoms with Crippen LogP contribution in [0.15, 0.2) is 0 Å². The molecular weight excluding hydrogens is 190 g/mol. The number of rotatable bonds is 1. The van der Waals surface area contributed by atoms with E-state index in [1.165, 1.54) is 11.3 Å². The fourth-order valence-corrected chi connectivity index (χ4v) is 3.78. The van der Waals surface area contributed by atoms with Gasteiger partial charge in [-0.2, -0.15) is 0 Å². The number of hydrogen-bond donors (Lipinski definition) is 1. The maximum Gasteiger partial charge on any atom is 0.407 e. The molecule has 0 aromatic rings. The molecule has 0 heterocycles. The van der Waals surface area contributed by atoms with Gasteiger partial charge in [0.25, 0.3) is 0 Å². The molecule has 4 atom stereocenters. The molecule has 3 fully saturated rings. The molecule has 15 heavy (non-hydrogen) atoms. The first-order chi connectivity index (χ1) is 6.85. The van der Waals surface area contributed by atoms with Crippen LogP contribution in [0.25, 0.3) is 0 Å². The summed E-state index contributed by atoms with van der Waals surface area (Å²) < 4.78 is 0. The standard InChI is InChI=1S/C12H21NO2/c1-7-9-5-8(12(9,2)3)6-10(7)13(4)11(14)15/h7-10H,5-6H2,1-4H3,(H,14,15)/t7-,8+,9-,10-/m1/s1. The van der Waals surface area contributed by atoms with Crippen LogP contribution in [-0.4, -0.2) is 29.2 Å². The second-order valence-electron chi connectivity index (χ2n) is 5.92. The largest absolute Gasteiger partial charge is 0.465 e. The van der Waals surface area contributed by atoms with Crippen molar-refractivity contribution >= 4 is 6.09 Å². The van der Waals surface area contributed by atoms with Crippen LogP contribution in [0.5, 0.6) is 0 Å². The third-order valence-electron chi connectivity index (χ3n) is 5.11. The van der Waals surface area contributed by atoms with E-state index < -0.39 is 6.09 Å². The van der Waals surface area contributed by atoms with Crippen LogP contribution in [0.1, 0.15) is 33.6 Å². The molecule has 3 rings (SSSR count). The van der Waals surface area contributed by atoms with Gasteiger partial charge in [0, 0.05) is 13.1 Å². The van der Waals surface area contributed by atoms with E-state index >= 15 is 0 Å². The second kappa shape index (κ2) is 3.13. The lowest BCUT2D eigenvalue weighted by Crippen LogP contribution is -2.60. The molecule has 3 aliphatic rings. The van der Waals surface area contributed by atoms with E-state index in [4.69, 9.17) is 5.11 Å². The molecule has 3 heteroatoms. The van der Waals surface area contributed by atoms with Crippen molar-refractivity contribution in [1.29, 1.82) is 0 Å². The number of carbonyl (C=O) groups is 1. The Balaban J connectivity index is 2.12. The van der Waals surface area contributed by atoms with Gasteiger partial charge < -0.3 is 10.0 Å². The Kier molecular flexibility index (Phi) is 2.25. The van der Waals surface area contributed by atoms with Crippen molar-refractivity contribution in [2.75, 3.05) is 7.05 Å². The molecule has 3 saturated carbocycles. The molecule has 86 valence electrons. The van der Waals surface area contributed by atoms with Gasteiger partial charge in [0.05, 0.1) is 0 Å². The molecule has 2 bridgehead atoms. The van der Waals surface area contributed by atoms with Gasteiger partial charge in [-0.1, -0.05) is 20.8 Å². The second-order valence-corrected chi connectivity index (χ2v) is 5.92. The molecule has 0 aliphatic heterocycles. The van der Waals surface area contributed by atoms with Gasteiger partial charge in [-0.3, -0.25) is 0 Å². The van der Waals surface area contributed by atoms with Crippen molar-refractivity contribution < 1.29 is 9.90 Å². The molecule has 3 nitrogen and oxygen atoms in total. The summed E-state index contributed by atoms with van der Waals surface area (Å²) in [7, 11) is 1.71. The number of hydrogen-bond acceptors (Lipinski definition) is 1. The fraction of sp³-hybridized carbons (Fsp3) is 0.917. The third-order valence-corrected chi connectivity index (χ3v) is 5.11. The number of fused-ring (bicyclic) bond motifs is 2. The molecule has 1 N–H and O–H groups in total. The van der Waals surface area contributed by atoms with Gasteiger partial charge in [-0.25, -0.2) is 4.79 Å². The van der Waals surface area contributed by atoms with E-state index in [1.807, 2.05) is 0 Å². The smallest absolute Gasteiger partial charge is 0.407 e. The fourth-order valence-electron chi connectivity index (χ4n) is 3.78. The molecule has 0 aromatic heterocycles. The summed E-state index contributed by atoms with van der Waals surface area (Å²) in [4.78, 5) is 12.5. The zero-order valence-electron chi connectivity index (χ0n) is 10.0. The highest BCUT2D eigenvalue weighted by Crippen LogP contribution is 2.61. The highest BCUT2D eigenvalue weighted by atomic mass is 16.4. The van der Waals surface area contributed by atoms with E-state index in [9.17, 15) is 4.79 Å². The van der Waals surface area contributed by atoms with Crippen molar-refractivity contribution in [3.8, 4) is 0 Å². The van der Waals surface area contributed by atoms with Crippen LogP contribution in [-0.2, 0) is 0 Å². The summed E-state index contributed by atoms with van der Waals surface area (Å²) in [5.41, 5.74) is 0.440. The first-order valence-electron chi connectivity index (χ1n) is 5.81. The summed E-state index contributed by atoms with van der Waals surface area (Å²) in [6, 6.07) is 0.235. The van der Waals surface area contributed by atoms with Gasteiger partial charge in [0.1, 0.15) is 0 Å². The van der Waals surface area contributed by atoms with Crippen molar-refractivity contribution in [3.05, 3.63) is 0 Å².